The summed E-state index contributed by atoms with van der Waals surface area (Å²) in [7, 11) is 1.68. The Kier molecular flexibility index (Phi) is 5.22. The number of hydrogen-bond donors (Lipinski definition) is 1. The zero-order valence-electron chi connectivity index (χ0n) is 12.6. The first-order valence-electron chi connectivity index (χ1n) is 7.47. The number of hydrogen-bond acceptors (Lipinski definition) is 2. The molecule has 0 atom stereocenters. The number of H-pyrrole nitrogens is 1. The summed E-state index contributed by atoms with van der Waals surface area (Å²) in [5, 5.41) is 0. The highest BCUT2D eigenvalue weighted by Crippen LogP contribution is 2.27. The smallest absolute Gasteiger partial charge is 0.118 e. The average Bonchev–Trinajstić information content (AvgIpc) is 2.97. The van der Waals surface area contributed by atoms with E-state index < -0.39 is 0 Å². The van der Waals surface area contributed by atoms with Crippen LogP contribution in [0.15, 0.2) is 30.5 Å². The molecule has 0 aliphatic rings. The van der Waals surface area contributed by atoms with Gasteiger partial charge in [0.05, 0.1) is 19.0 Å². The van der Waals surface area contributed by atoms with Crippen molar-refractivity contribution >= 4 is 0 Å². The average molecular weight is 271 g/mol. The molecule has 0 unspecified atom stereocenters. The fourth-order valence-electron chi connectivity index (χ4n) is 2.58. The zero-order chi connectivity index (χ0) is 14.4. The number of aromatic amines is 1. The highest BCUT2D eigenvalue weighted by Gasteiger charge is 2.14. The van der Waals surface area contributed by atoms with Crippen molar-refractivity contribution < 1.29 is 4.74 Å². The lowest BCUT2D eigenvalue weighted by Crippen LogP contribution is -2.00. The van der Waals surface area contributed by atoms with Crippen molar-refractivity contribution in [2.45, 2.75) is 45.4 Å². The molecule has 3 heteroatoms. The number of aromatic nitrogens is 2. The van der Waals surface area contributed by atoms with Gasteiger partial charge in [-0.15, -0.1) is 0 Å². The van der Waals surface area contributed by atoms with Gasteiger partial charge >= 0.3 is 0 Å². The van der Waals surface area contributed by atoms with Crippen molar-refractivity contribution in [3.63, 3.8) is 0 Å². The third-order valence-corrected chi connectivity index (χ3v) is 3.66. The molecular weight excluding hydrogens is 247 g/mol. The van der Waals surface area contributed by atoms with Crippen LogP contribution < -0.4 is 4.74 Å². The minimum Gasteiger partial charge on any atom is -0.497 e. The van der Waals surface area contributed by atoms with Crippen LogP contribution in [0.4, 0.5) is 0 Å². The molecule has 20 heavy (non-hydrogen) atoms. The number of nitrogens with one attached hydrogen (secondary N) is 1. The molecule has 1 aromatic heterocycles. The zero-order valence-corrected chi connectivity index (χ0v) is 12.6. The summed E-state index contributed by atoms with van der Waals surface area (Å²) in [6, 6.07) is 8.08. The van der Waals surface area contributed by atoms with Crippen molar-refractivity contribution in [1.82, 2.24) is 9.97 Å². The van der Waals surface area contributed by atoms with Crippen LogP contribution in [-0.4, -0.2) is 17.1 Å². The van der Waals surface area contributed by atoms with Crippen molar-refractivity contribution in [3.8, 4) is 17.0 Å². The Morgan fingerprint density at radius 1 is 1.10 bits per heavy atom. The first kappa shape index (κ1) is 14.6. The Hall–Kier alpha value is -1.77. The van der Waals surface area contributed by atoms with E-state index in [1.807, 2.05) is 18.3 Å². The van der Waals surface area contributed by atoms with E-state index in [0.717, 1.165) is 22.8 Å². The van der Waals surface area contributed by atoms with Crippen LogP contribution in [0.2, 0.25) is 0 Å². The van der Waals surface area contributed by atoms with Gasteiger partial charge in [0.25, 0.3) is 0 Å². The van der Waals surface area contributed by atoms with Crippen LogP contribution in [0.25, 0.3) is 11.3 Å². The molecule has 0 amide bonds. The largest absolute Gasteiger partial charge is 0.497 e. The molecule has 0 saturated carbocycles. The number of rotatable bonds is 7. The summed E-state index contributed by atoms with van der Waals surface area (Å²) in [6.45, 7) is 4.46. The number of ether oxygens (including phenoxy) is 1. The molecule has 0 aliphatic carbocycles. The fraction of sp³-hybridized carbons (Fsp3) is 0.471. The summed E-state index contributed by atoms with van der Waals surface area (Å²) in [6.07, 6.45) is 6.73. The summed E-state index contributed by atoms with van der Waals surface area (Å²) in [4.78, 5) is 8.07. The van der Waals surface area contributed by atoms with Crippen LogP contribution in [0.1, 0.15) is 51.3 Å². The molecule has 108 valence electrons. The Balaban J connectivity index is 2.17. The van der Waals surface area contributed by atoms with Gasteiger partial charge in [0.15, 0.2) is 0 Å². The lowest BCUT2D eigenvalue weighted by molar-refractivity contribution is 0.415. The highest BCUT2D eigenvalue weighted by molar-refractivity contribution is 5.59. The molecule has 0 saturated heterocycles. The maximum absolute atomic E-state index is 5.19. The Labute approximate surface area is 121 Å². The van der Waals surface area contributed by atoms with Gasteiger partial charge in [-0.3, -0.25) is 0 Å². The van der Waals surface area contributed by atoms with E-state index in [-0.39, 0.29) is 0 Å². The molecule has 1 N–H and O–H groups in total. The van der Waals surface area contributed by atoms with E-state index in [2.05, 4.69) is 35.9 Å². The standard InChI is InChI=1S/C17H24N2O/c1-4-6-14(7-5-2)17-18-12-16(19-17)13-8-10-15(20-3)11-9-13/h8-12,14H,4-7H2,1-3H3,(H,18,19)/i3-1. The number of nitrogens with zero attached hydrogens (tertiary/aromatic N) is 1. The molecule has 0 radical (unpaired) electrons. The van der Waals surface area contributed by atoms with Crippen molar-refractivity contribution in [2.24, 2.45) is 0 Å². The SMILES string of the molecule is CCCC(CCC)c1ncc(-c2ccc(O[11CH3])cc2)[nH]1. The minimum absolute atomic E-state index is 0.553. The van der Waals surface area contributed by atoms with Gasteiger partial charge in [0, 0.05) is 5.92 Å². The second-order valence-electron chi connectivity index (χ2n) is 5.18. The molecule has 2 rings (SSSR count). The first-order valence-corrected chi connectivity index (χ1v) is 7.47. The molecule has 3 nitrogen and oxygen atoms in total. The van der Waals surface area contributed by atoms with Crippen molar-refractivity contribution in [1.29, 1.82) is 0 Å². The van der Waals surface area contributed by atoms with Gasteiger partial charge in [-0.2, -0.15) is 0 Å². The third-order valence-electron chi connectivity index (χ3n) is 3.66. The van der Waals surface area contributed by atoms with Crippen LogP contribution in [0, 0.1) is 0 Å². The maximum atomic E-state index is 5.19. The Morgan fingerprint density at radius 3 is 2.30 bits per heavy atom. The molecule has 1 aromatic carbocycles. The predicted molar refractivity (Wildman–Crippen MR) is 83.1 cm³/mol. The van der Waals surface area contributed by atoms with Gasteiger partial charge in [0.1, 0.15) is 11.6 Å². The van der Waals surface area contributed by atoms with E-state index >= 15 is 0 Å². The second kappa shape index (κ2) is 7.13. The molecule has 0 fully saturated rings. The molecule has 0 aliphatic heterocycles. The van der Waals surface area contributed by atoms with Crippen LogP contribution >= 0.6 is 0 Å². The predicted octanol–water partition coefficient (Wildman–Crippen LogP) is 4.77. The van der Waals surface area contributed by atoms with E-state index in [1.165, 1.54) is 25.7 Å². The fourth-order valence-corrected chi connectivity index (χ4v) is 2.58. The van der Waals surface area contributed by atoms with Gasteiger partial charge < -0.3 is 9.72 Å². The third kappa shape index (κ3) is 3.41. The number of benzene rings is 1. The van der Waals surface area contributed by atoms with Gasteiger partial charge in [-0.05, 0) is 42.7 Å². The number of methoxy groups -OCH3 is 1. The lowest BCUT2D eigenvalue weighted by Gasteiger charge is -2.12. The van der Waals surface area contributed by atoms with Crippen LogP contribution in [-0.2, 0) is 0 Å². The van der Waals surface area contributed by atoms with E-state index in [1.54, 1.807) is 7.11 Å². The minimum atomic E-state index is 0.553. The first-order chi connectivity index (χ1) is 9.78. The summed E-state index contributed by atoms with van der Waals surface area (Å²) < 4.78 is 5.19. The second-order valence-corrected chi connectivity index (χ2v) is 5.18. The monoisotopic (exact) mass is 271 g/mol. The summed E-state index contributed by atoms with van der Waals surface area (Å²) >= 11 is 0. The molecule has 0 spiro atoms. The van der Waals surface area contributed by atoms with Crippen molar-refractivity contribution in [2.75, 3.05) is 7.11 Å². The van der Waals surface area contributed by atoms with E-state index in [4.69, 9.17) is 4.74 Å². The van der Waals surface area contributed by atoms with Gasteiger partial charge in [-0.25, -0.2) is 4.98 Å². The van der Waals surface area contributed by atoms with Gasteiger partial charge in [-0.1, -0.05) is 26.7 Å². The molecule has 0 bridgehead atoms. The molecular formula is C17H24N2O. The Bertz CT molecular complexity index is 510. The van der Waals surface area contributed by atoms with Crippen molar-refractivity contribution in [3.05, 3.63) is 36.3 Å². The van der Waals surface area contributed by atoms with E-state index in [0.29, 0.717) is 5.92 Å². The van der Waals surface area contributed by atoms with Crippen LogP contribution in [0.3, 0.4) is 0 Å². The van der Waals surface area contributed by atoms with Crippen LogP contribution in [0.5, 0.6) is 5.75 Å². The lowest BCUT2D eigenvalue weighted by atomic mass is 9.98. The molecule has 2 aromatic rings. The summed E-state index contributed by atoms with van der Waals surface area (Å²) in [5.41, 5.74) is 2.23. The summed E-state index contributed by atoms with van der Waals surface area (Å²) in [5.74, 6) is 2.56. The molecule has 1 heterocycles. The van der Waals surface area contributed by atoms with Gasteiger partial charge in [0.2, 0.25) is 0 Å². The maximum Gasteiger partial charge on any atom is 0.118 e. The normalized spacial score (nSPS) is 11.0. The highest BCUT2D eigenvalue weighted by atomic mass is 16.4. The number of imidazole rings is 1. The Morgan fingerprint density at radius 2 is 1.75 bits per heavy atom. The quantitative estimate of drug-likeness (QED) is 0.787. The van der Waals surface area contributed by atoms with E-state index in [9.17, 15) is 0 Å². The topological polar surface area (TPSA) is 37.9 Å².